The summed E-state index contributed by atoms with van der Waals surface area (Å²) in [7, 11) is 0. The van der Waals surface area contributed by atoms with E-state index in [1.54, 1.807) is 11.8 Å². The molecule has 0 atom stereocenters. The molecule has 3 aromatic carbocycles. The summed E-state index contributed by atoms with van der Waals surface area (Å²) in [4.78, 5) is 8.87. The average Bonchev–Trinajstić information content (AvgIpc) is 3.55. The number of hydrogen-bond donors (Lipinski definition) is 1. The quantitative estimate of drug-likeness (QED) is 0.193. The third kappa shape index (κ3) is 4.54. The molecule has 4 nitrogen and oxygen atoms in total. The summed E-state index contributed by atoms with van der Waals surface area (Å²) in [6, 6.07) is 23.3. The number of furan rings is 1. The number of fused-ring (bicyclic) bond motifs is 4. The Morgan fingerprint density at radius 1 is 0.943 bits per heavy atom. The molecule has 5 aromatic rings. The molecular formula is C30H29N3OS. The van der Waals surface area contributed by atoms with Gasteiger partial charge in [0, 0.05) is 28.8 Å². The monoisotopic (exact) mass is 479 g/mol. The number of thioether (sulfide) groups is 1. The van der Waals surface area contributed by atoms with Gasteiger partial charge in [0.1, 0.15) is 11.1 Å². The van der Waals surface area contributed by atoms with Gasteiger partial charge in [-0.25, -0.2) is 4.98 Å². The molecule has 0 spiro atoms. The minimum atomic E-state index is 0.845. The Morgan fingerprint density at radius 2 is 1.71 bits per heavy atom. The second-order valence-electron chi connectivity index (χ2n) is 9.12. The number of hydrogen-bond acceptors (Lipinski definition) is 5. The molecule has 1 aliphatic rings. The van der Waals surface area contributed by atoms with E-state index < -0.39 is 0 Å². The molecule has 176 valence electrons. The van der Waals surface area contributed by atoms with Gasteiger partial charge in [0.25, 0.3) is 0 Å². The van der Waals surface area contributed by atoms with E-state index >= 15 is 0 Å². The van der Waals surface area contributed by atoms with Crippen molar-refractivity contribution in [3.05, 3.63) is 77.9 Å². The minimum absolute atomic E-state index is 0.845. The van der Waals surface area contributed by atoms with E-state index in [1.807, 2.05) is 18.2 Å². The number of pyridine rings is 1. The van der Waals surface area contributed by atoms with Crippen molar-refractivity contribution in [1.82, 2.24) is 9.88 Å². The van der Waals surface area contributed by atoms with Gasteiger partial charge in [-0.05, 0) is 79.7 Å². The molecule has 0 unspecified atom stereocenters. The SMILES string of the molecule is CSc1ccc(/C=C/c2ccc3c(NCCN4CCCC4)c4oc5ccccc5c4nc3c2)cc1. The van der Waals surface area contributed by atoms with E-state index in [0.717, 1.165) is 57.3 Å². The summed E-state index contributed by atoms with van der Waals surface area (Å²) in [6.45, 7) is 4.34. The Balaban J connectivity index is 1.38. The van der Waals surface area contributed by atoms with Crippen LogP contribution in [0.4, 0.5) is 5.69 Å². The van der Waals surface area contributed by atoms with Crippen molar-refractivity contribution in [1.29, 1.82) is 0 Å². The highest BCUT2D eigenvalue weighted by Gasteiger charge is 2.17. The van der Waals surface area contributed by atoms with Crippen molar-refractivity contribution in [2.24, 2.45) is 0 Å². The Bertz CT molecular complexity index is 1510. The first kappa shape index (κ1) is 22.2. The van der Waals surface area contributed by atoms with Crippen molar-refractivity contribution >= 4 is 62.6 Å². The van der Waals surface area contributed by atoms with Gasteiger partial charge in [0.2, 0.25) is 0 Å². The molecule has 0 saturated carbocycles. The Hall–Kier alpha value is -3.28. The highest BCUT2D eigenvalue weighted by molar-refractivity contribution is 7.98. The molecule has 0 radical (unpaired) electrons. The third-order valence-electron chi connectivity index (χ3n) is 6.83. The molecule has 5 heteroatoms. The number of benzene rings is 3. The molecule has 35 heavy (non-hydrogen) atoms. The number of anilines is 1. The lowest BCUT2D eigenvalue weighted by atomic mass is 10.1. The zero-order valence-corrected chi connectivity index (χ0v) is 20.8. The van der Waals surface area contributed by atoms with E-state index in [2.05, 4.69) is 77.2 Å². The lowest BCUT2D eigenvalue weighted by molar-refractivity contribution is 0.353. The summed E-state index contributed by atoms with van der Waals surface area (Å²) in [5.74, 6) is 0. The molecular weight excluding hydrogens is 450 g/mol. The molecule has 0 aliphatic carbocycles. The van der Waals surface area contributed by atoms with Gasteiger partial charge in [-0.2, -0.15) is 0 Å². The van der Waals surface area contributed by atoms with Crippen LogP contribution < -0.4 is 5.32 Å². The fourth-order valence-corrected chi connectivity index (χ4v) is 5.35. The molecule has 0 bridgehead atoms. The summed E-state index contributed by atoms with van der Waals surface area (Å²) >= 11 is 1.76. The van der Waals surface area contributed by atoms with Crippen LogP contribution in [0, 0.1) is 0 Å². The number of aromatic nitrogens is 1. The number of nitrogens with zero attached hydrogens (tertiary/aromatic N) is 2. The Kier molecular flexibility index (Phi) is 6.19. The molecule has 1 fully saturated rings. The third-order valence-corrected chi connectivity index (χ3v) is 7.58. The Morgan fingerprint density at radius 3 is 2.54 bits per heavy atom. The van der Waals surface area contributed by atoms with Gasteiger partial charge < -0.3 is 14.6 Å². The summed E-state index contributed by atoms with van der Waals surface area (Å²) < 4.78 is 6.31. The predicted octanol–water partition coefficient (Wildman–Crippen LogP) is 7.53. The van der Waals surface area contributed by atoms with Gasteiger partial charge >= 0.3 is 0 Å². The first-order valence-corrected chi connectivity index (χ1v) is 13.5. The number of para-hydroxylation sites is 1. The maximum absolute atomic E-state index is 6.31. The van der Waals surface area contributed by atoms with Crippen LogP contribution in [-0.4, -0.2) is 42.3 Å². The highest BCUT2D eigenvalue weighted by Crippen LogP contribution is 2.37. The molecule has 6 rings (SSSR count). The second kappa shape index (κ2) is 9.76. The molecule has 1 saturated heterocycles. The van der Waals surface area contributed by atoms with Crippen LogP contribution in [0.25, 0.3) is 45.1 Å². The molecule has 1 aliphatic heterocycles. The van der Waals surface area contributed by atoms with Gasteiger partial charge in [0.05, 0.1) is 11.2 Å². The lowest BCUT2D eigenvalue weighted by Gasteiger charge is -2.16. The number of likely N-dealkylation sites (tertiary alicyclic amines) is 1. The van der Waals surface area contributed by atoms with Crippen LogP contribution in [0.2, 0.25) is 0 Å². The minimum Gasteiger partial charge on any atom is -0.452 e. The molecule has 3 heterocycles. The van der Waals surface area contributed by atoms with E-state index in [4.69, 9.17) is 9.40 Å². The molecule has 2 aromatic heterocycles. The van der Waals surface area contributed by atoms with E-state index in [1.165, 1.54) is 36.4 Å². The Labute approximate surface area is 210 Å². The predicted molar refractivity (Wildman–Crippen MR) is 150 cm³/mol. The fourth-order valence-electron chi connectivity index (χ4n) is 4.94. The fraction of sp³-hybridized carbons (Fsp3) is 0.233. The lowest BCUT2D eigenvalue weighted by Crippen LogP contribution is -2.26. The van der Waals surface area contributed by atoms with E-state index in [-0.39, 0.29) is 0 Å². The summed E-state index contributed by atoms with van der Waals surface area (Å²) in [6.07, 6.45) is 9.04. The average molecular weight is 480 g/mol. The maximum Gasteiger partial charge on any atom is 0.177 e. The maximum atomic E-state index is 6.31. The van der Waals surface area contributed by atoms with Crippen molar-refractivity contribution in [3.8, 4) is 0 Å². The van der Waals surface area contributed by atoms with Crippen LogP contribution in [-0.2, 0) is 0 Å². The standard InChI is InChI=1S/C30H29N3OS/c1-35-23-13-10-21(11-14-23)8-9-22-12-15-24-26(20-22)32-29-25-6-2-3-7-27(25)34-30(29)28(24)31-16-19-33-17-4-5-18-33/h2-3,6-15,20H,4-5,16-19H2,1H3,(H,31,32)/b9-8+. The van der Waals surface area contributed by atoms with E-state index in [9.17, 15) is 0 Å². The summed E-state index contributed by atoms with van der Waals surface area (Å²) in [5, 5.41) is 5.87. The van der Waals surface area contributed by atoms with Crippen molar-refractivity contribution in [2.45, 2.75) is 17.7 Å². The smallest absolute Gasteiger partial charge is 0.177 e. The van der Waals surface area contributed by atoms with E-state index in [0.29, 0.717) is 0 Å². The van der Waals surface area contributed by atoms with Crippen molar-refractivity contribution < 1.29 is 4.42 Å². The van der Waals surface area contributed by atoms with Gasteiger partial charge in [-0.15, -0.1) is 11.8 Å². The zero-order chi connectivity index (χ0) is 23.6. The van der Waals surface area contributed by atoms with Crippen molar-refractivity contribution in [2.75, 3.05) is 37.8 Å². The van der Waals surface area contributed by atoms with Crippen LogP contribution in [0.3, 0.4) is 0 Å². The van der Waals surface area contributed by atoms with Crippen LogP contribution >= 0.6 is 11.8 Å². The number of rotatable bonds is 7. The van der Waals surface area contributed by atoms with Crippen LogP contribution in [0.15, 0.2) is 76.0 Å². The first-order chi connectivity index (χ1) is 17.3. The van der Waals surface area contributed by atoms with Crippen LogP contribution in [0.1, 0.15) is 24.0 Å². The number of nitrogens with one attached hydrogen (secondary N) is 1. The van der Waals surface area contributed by atoms with Gasteiger partial charge in [0.15, 0.2) is 5.58 Å². The van der Waals surface area contributed by atoms with Crippen LogP contribution in [0.5, 0.6) is 0 Å². The largest absolute Gasteiger partial charge is 0.452 e. The summed E-state index contributed by atoms with van der Waals surface area (Å²) in [5.41, 5.74) is 6.99. The second-order valence-corrected chi connectivity index (χ2v) is 10.0. The first-order valence-electron chi connectivity index (χ1n) is 12.3. The van der Waals surface area contributed by atoms with Gasteiger partial charge in [-0.3, -0.25) is 0 Å². The normalized spacial score (nSPS) is 14.7. The highest BCUT2D eigenvalue weighted by atomic mass is 32.2. The van der Waals surface area contributed by atoms with Gasteiger partial charge in [-0.1, -0.05) is 42.5 Å². The zero-order valence-electron chi connectivity index (χ0n) is 20.0. The molecule has 1 N–H and O–H groups in total. The topological polar surface area (TPSA) is 41.3 Å². The molecule has 0 amide bonds. The van der Waals surface area contributed by atoms with Crippen molar-refractivity contribution in [3.63, 3.8) is 0 Å².